The maximum absolute atomic E-state index is 11.5. The Kier molecular flexibility index (Phi) is 5.65. The molecule has 1 atom stereocenters. The molecule has 2 N–H and O–H groups in total. The molecule has 1 rings (SSSR count). The fourth-order valence-electron chi connectivity index (χ4n) is 1.63. The predicted molar refractivity (Wildman–Crippen MR) is 72.7 cm³/mol. The molecule has 0 aliphatic heterocycles. The second-order valence-corrected chi connectivity index (χ2v) is 4.56. The molecule has 0 aromatic heterocycles. The first-order valence-corrected chi connectivity index (χ1v) is 6.23. The lowest BCUT2D eigenvalue weighted by molar-refractivity contribution is -0.123. The standard InChI is InChI=1S/C14H22N2O2/c1-10(2)16-14(17)9-18-13-8-6-5-7-12(13)11(3)15-4/h5-8,10-11,15H,9H2,1-4H3,(H,16,17). The number of carbonyl (C=O) groups excluding carboxylic acids is 1. The molecule has 0 heterocycles. The van der Waals surface area contributed by atoms with E-state index in [9.17, 15) is 4.79 Å². The number of benzene rings is 1. The van der Waals surface area contributed by atoms with Crippen molar-refractivity contribution >= 4 is 5.91 Å². The van der Waals surface area contributed by atoms with Gasteiger partial charge in [0.25, 0.3) is 5.91 Å². The summed E-state index contributed by atoms with van der Waals surface area (Å²) in [6.45, 7) is 5.95. The molecule has 18 heavy (non-hydrogen) atoms. The largest absolute Gasteiger partial charge is 0.483 e. The summed E-state index contributed by atoms with van der Waals surface area (Å²) in [4.78, 5) is 11.5. The summed E-state index contributed by atoms with van der Waals surface area (Å²) < 4.78 is 5.57. The van der Waals surface area contributed by atoms with Crippen molar-refractivity contribution < 1.29 is 9.53 Å². The van der Waals surface area contributed by atoms with Crippen LogP contribution in [0.3, 0.4) is 0 Å². The molecule has 0 aliphatic rings. The fourth-order valence-corrected chi connectivity index (χ4v) is 1.63. The van der Waals surface area contributed by atoms with Gasteiger partial charge in [-0.1, -0.05) is 18.2 Å². The number of nitrogens with one attached hydrogen (secondary N) is 2. The van der Waals surface area contributed by atoms with Gasteiger partial charge in [0.2, 0.25) is 0 Å². The lowest BCUT2D eigenvalue weighted by atomic mass is 10.1. The highest BCUT2D eigenvalue weighted by Gasteiger charge is 2.11. The van der Waals surface area contributed by atoms with Crippen molar-refractivity contribution in [3.8, 4) is 5.75 Å². The monoisotopic (exact) mass is 250 g/mol. The van der Waals surface area contributed by atoms with Crippen molar-refractivity contribution in [1.29, 1.82) is 0 Å². The zero-order valence-corrected chi connectivity index (χ0v) is 11.5. The molecule has 1 unspecified atom stereocenters. The van der Waals surface area contributed by atoms with E-state index in [1.165, 1.54) is 0 Å². The van der Waals surface area contributed by atoms with Crippen LogP contribution in [0.15, 0.2) is 24.3 Å². The Labute approximate surface area is 109 Å². The summed E-state index contributed by atoms with van der Waals surface area (Å²) in [5.74, 6) is 0.648. The molecule has 0 aliphatic carbocycles. The highest BCUT2D eigenvalue weighted by Crippen LogP contribution is 2.24. The van der Waals surface area contributed by atoms with E-state index in [0.29, 0.717) is 0 Å². The molecule has 100 valence electrons. The van der Waals surface area contributed by atoms with Crippen LogP contribution in [0.25, 0.3) is 0 Å². The molecule has 0 spiro atoms. The zero-order chi connectivity index (χ0) is 13.5. The van der Waals surface area contributed by atoms with Crippen LogP contribution in [0.4, 0.5) is 0 Å². The van der Waals surface area contributed by atoms with Crippen LogP contribution in [0.2, 0.25) is 0 Å². The van der Waals surface area contributed by atoms with Crippen LogP contribution in [0.5, 0.6) is 5.75 Å². The van der Waals surface area contributed by atoms with Crippen molar-refractivity contribution in [3.63, 3.8) is 0 Å². The SMILES string of the molecule is CNC(C)c1ccccc1OCC(=O)NC(C)C. The van der Waals surface area contributed by atoms with E-state index in [2.05, 4.69) is 17.6 Å². The number of carbonyl (C=O) groups is 1. The number of amides is 1. The first-order chi connectivity index (χ1) is 8.54. The molecule has 1 aromatic rings. The van der Waals surface area contributed by atoms with Crippen molar-refractivity contribution in [1.82, 2.24) is 10.6 Å². The maximum Gasteiger partial charge on any atom is 0.258 e. The van der Waals surface area contributed by atoms with Gasteiger partial charge in [0.05, 0.1) is 0 Å². The van der Waals surface area contributed by atoms with E-state index in [-0.39, 0.29) is 24.6 Å². The summed E-state index contributed by atoms with van der Waals surface area (Å²) in [6, 6.07) is 8.07. The van der Waals surface area contributed by atoms with Gasteiger partial charge in [0.15, 0.2) is 6.61 Å². The van der Waals surface area contributed by atoms with Gasteiger partial charge in [0.1, 0.15) is 5.75 Å². The molecule has 1 aromatic carbocycles. The number of rotatable bonds is 6. The average molecular weight is 250 g/mol. The number of hydrogen-bond acceptors (Lipinski definition) is 3. The quantitative estimate of drug-likeness (QED) is 0.810. The summed E-state index contributed by atoms with van der Waals surface area (Å²) in [7, 11) is 1.90. The average Bonchev–Trinajstić information content (AvgIpc) is 2.35. The zero-order valence-electron chi connectivity index (χ0n) is 11.5. The molecule has 4 nitrogen and oxygen atoms in total. The predicted octanol–water partition coefficient (Wildman–Crippen LogP) is 1.87. The number of para-hydroxylation sites is 1. The fraction of sp³-hybridized carbons (Fsp3) is 0.500. The molecule has 1 amide bonds. The van der Waals surface area contributed by atoms with E-state index in [0.717, 1.165) is 11.3 Å². The Balaban J connectivity index is 2.64. The highest BCUT2D eigenvalue weighted by atomic mass is 16.5. The molecule has 0 radical (unpaired) electrons. The van der Waals surface area contributed by atoms with Gasteiger partial charge in [-0.3, -0.25) is 4.79 Å². The minimum absolute atomic E-state index is 0.0472. The first-order valence-electron chi connectivity index (χ1n) is 6.23. The Morgan fingerprint density at radius 3 is 2.56 bits per heavy atom. The summed E-state index contributed by atoms with van der Waals surface area (Å²) in [5, 5.41) is 5.96. The Morgan fingerprint density at radius 1 is 1.28 bits per heavy atom. The first kappa shape index (κ1) is 14.5. The van der Waals surface area contributed by atoms with Gasteiger partial charge in [-0.15, -0.1) is 0 Å². The third-order valence-electron chi connectivity index (χ3n) is 2.63. The summed E-state index contributed by atoms with van der Waals surface area (Å²) in [6.07, 6.45) is 0. The van der Waals surface area contributed by atoms with Gasteiger partial charge in [-0.2, -0.15) is 0 Å². The van der Waals surface area contributed by atoms with Gasteiger partial charge in [0, 0.05) is 17.6 Å². The van der Waals surface area contributed by atoms with Crippen LogP contribution in [0.1, 0.15) is 32.4 Å². The van der Waals surface area contributed by atoms with Crippen LogP contribution in [-0.2, 0) is 4.79 Å². The topological polar surface area (TPSA) is 50.4 Å². The van der Waals surface area contributed by atoms with Crippen LogP contribution in [-0.4, -0.2) is 25.6 Å². The van der Waals surface area contributed by atoms with Gasteiger partial charge in [-0.25, -0.2) is 0 Å². The second-order valence-electron chi connectivity index (χ2n) is 4.56. The van der Waals surface area contributed by atoms with Crippen molar-refractivity contribution in [2.75, 3.05) is 13.7 Å². The van der Waals surface area contributed by atoms with E-state index >= 15 is 0 Å². The van der Waals surface area contributed by atoms with Crippen molar-refractivity contribution in [2.24, 2.45) is 0 Å². The smallest absolute Gasteiger partial charge is 0.258 e. The van der Waals surface area contributed by atoms with Crippen molar-refractivity contribution in [3.05, 3.63) is 29.8 Å². The van der Waals surface area contributed by atoms with Gasteiger partial charge >= 0.3 is 0 Å². The molecule has 4 heteroatoms. The molecule has 0 bridgehead atoms. The lowest BCUT2D eigenvalue weighted by Gasteiger charge is -2.16. The van der Waals surface area contributed by atoms with E-state index < -0.39 is 0 Å². The molecular weight excluding hydrogens is 228 g/mol. The van der Waals surface area contributed by atoms with Crippen molar-refractivity contribution in [2.45, 2.75) is 32.9 Å². The normalized spacial score (nSPS) is 12.3. The van der Waals surface area contributed by atoms with E-state index in [1.807, 2.05) is 45.2 Å². The maximum atomic E-state index is 11.5. The second kappa shape index (κ2) is 7.01. The van der Waals surface area contributed by atoms with Gasteiger partial charge in [-0.05, 0) is 33.9 Å². The molecule has 0 saturated heterocycles. The Morgan fingerprint density at radius 2 is 1.94 bits per heavy atom. The summed E-state index contributed by atoms with van der Waals surface area (Å²) in [5.41, 5.74) is 1.05. The third-order valence-corrected chi connectivity index (χ3v) is 2.63. The van der Waals surface area contributed by atoms with E-state index in [4.69, 9.17) is 4.74 Å². The van der Waals surface area contributed by atoms with Gasteiger partial charge < -0.3 is 15.4 Å². The van der Waals surface area contributed by atoms with Crippen LogP contribution in [0, 0.1) is 0 Å². The Bertz CT molecular complexity index is 391. The summed E-state index contributed by atoms with van der Waals surface area (Å²) >= 11 is 0. The highest BCUT2D eigenvalue weighted by molar-refractivity contribution is 5.77. The molecular formula is C14H22N2O2. The van der Waals surface area contributed by atoms with Crippen LogP contribution < -0.4 is 15.4 Å². The molecule has 0 saturated carbocycles. The molecule has 0 fully saturated rings. The Hall–Kier alpha value is -1.55. The minimum atomic E-state index is -0.100. The number of ether oxygens (including phenoxy) is 1. The van der Waals surface area contributed by atoms with Crippen LogP contribution >= 0.6 is 0 Å². The minimum Gasteiger partial charge on any atom is -0.483 e. The number of hydrogen-bond donors (Lipinski definition) is 2. The third kappa shape index (κ3) is 4.37. The van der Waals surface area contributed by atoms with E-state index in [1.54, 1.807) is 0 Å². The lowest BCUT2D eigenvalue weighted by Crippen LogP contribution is -2.34.